The van der Waals surface area contributed by atoms with Gasteiger partial charge in [0.25, 0.3) is 0 Å². The van der Waals surface area contributed by atoms with Crippen molar-refractivity contribution < 1.29 is 13.6 Å². The van der Waals surface area contributed by atoms with E-state index in [1.54, 1.807) is 0 Å². The summed E-state index contributed by atoms with van der Waals surface area (Å²) >= 11 is 0. The summed E-state index contributed by atoms with van der Waals surface area (Å²) in [5, 5.41) is 5.36. The molecule has 1 atom stereocenters. The summed E-state index contributed by atoms with van der Waals surface area (Å²) in [4.78, 5) is 11.6. The highest BCUT2D eigenvalue weighted by molar-refractivity contribution is 5.95. The molecule has 1 aliphatic heterocycles. The first-order valence-electron chi connectivity index (χ1n) is 5.16. The van der Waals surface area contributed by atoms with Gasteiger partial charge in [-0.25, -0.2) is 8.78 Å². The van der Waals surface area contributed by atoms with Crippen molar-refractivity contribution in [1.82, 2.24) is 5.32 Å². The van der Waals surface area contributed by atoms with Gasteiger partial charge in [-0.2, -0.15) is 0 Å². The fourth-order valence-electron chi connectivity index (χ4n) is 1.72. The summed E-state index contributed by atoms with van der Waals surface area (Å²) in [7, 11) is 0. The largest absolute Gasteiger partial charge is 0.322 e. The van der Waals surface area contributed by atoms with Gasteiger partial charge in [-0.3, -0.25) is 4.79 Å². The summed E-state index contributed by atoms with van der Waals surface area (Å²) in [6.45, 7) is 0.781. The Bertz CT molecular complexity index is 403. The molecule has 0 spiro atoms. The van der Waals surface area contributed by atoms with Crippen LogP contribution in [0, 0.1) is 11.6 Å². The van der Waals surface area contributed by atoms with Gasteiger partial charge in [0.2, 0.25) is 5.91 Å². The molecule has 0 bridgehead atoms. The Labute approximate surface area is 91.8 Å². The zero-order valence-corrected chi connectivity index (χ0v) is 8.59. The number of carbonyl (C=O) groups excluding carboxylic acids is 1. The lowest BCUT2D eigenvalue weighted by atomic mass is 10.2. The minimum absolute atomic E-state index is 0.112. The molecular formula is C11H12F2N2O. The van der Waals surface area contributed by atoms with E-state index >= 15 is 0 Å². The van der Waals surface area contributed by atoms with E-state index in [9.17, 15) is 13.6 Å². The van der Waals surface area contributed by atoms with Gasteiger partial charge < -0.3 is 10.6 Å². The molecule has 1 aromatic carbocycles. The normalized spacial score (nSPS) is 19.8. The first kappa shape index (κ1) is 11.0. The van der Waals surface area contributed by atoms with Gasteiger partial charge in [0.1, 0.15) is 11.6 Å². The van der Waals surface area contributed by atoms with Gasteiger partial charge in [0.05, 0.1) is 11.7 Å². The highest BCUT2D eigenvalue weighted by atomic mass is 19.1. The van der Waals surface area contributed by atoms with E-state index in [-0.39, 0.29) is 17.6 Å². The van der Waals surface area contributed by atoms with Crippen molar-refractivity contribution in [2.24, 2.45) is 0 Å². The standard InChI is InChI=1S/C11H12F2N2O/c12-7-3-4-8(13)10(6-7)15-11(16)9-2-1-5-14-9/h3-4,6,9,14H,1-2,5H2,(H,15,16). The number of carbonyl (C=O) groups is 1. The summed E-state index contributed by atoms with van der Waals surface area (Å²) in [5.41, 5.74) is -0.112. The second-order valence-electron chi connectivity index (χ2n) is 3.76. The van der Waals surface area contributed by atoms with Gasteiger partial charge in [-0.1, -0.05) is 0 Å². The smallest absolute Gasteiger partial charge is 0.241 e. The van der Waals surface area contributed by atoms with E-state index in [0.29, 0.717) is 0 Å². The molecule has 2 N–H and O–H groups in total. The molecule has 0 aromatic heterocycles. The van der Waals surface area contributed by atoms with E-state index < -0.39 is 11.6 Å². The Morgan fingerprint density at radius 2 is 2.25 bits per heavy atom. The van der Waals surface area contributed by atoms with Crippen LogP contribution in [0.1, 0.15) is 12.8 Å². The first-order chi connectivity index (χ1) is 7.66. The molecule has 1 amide bonds. The fourth-order valence-corrected chi connectivity index (χ4v) is 1.72. The maximum atomic E-state index is 13.2. The summed E-state index contributed by atoms with van der Waals surface area (Å²) in [5.74, 6) is -1.52. The topological polar surface area (TPSA) is 41.1 Å². The van der Waals surface area contributed by atoms with Gasteiger partial charge >= 0.3 is 0 Å². The number of halogens is 2. The maximum absolute atomic E-state index is 13.2. The molecule has 1 fully saturated rings. The van der Waals surface area contributed by atoms with Crippen molar-refractivity contribution in [1.29, 1.82) is 0 Å². The van der Waals surface area contributed by atoms with Crippen molar-refractivity contribution in [2.45, 2.75) is 18.9 Å². The van der Waals surface area contributed by atoms with Crippen LogP contribution >= 0.6 is 0 Å². The zero-order valence-electron chi connectivity index (χ0n) is 8.59. The van der Waals surface area contributed by atoms with Crippen LogP contribution < -0.4 is 10.6 Å². The van der Waals surface area contributed by atoms with Gasteiger partial charge in [-0.05, 0) is 31.5 Å². The van der Waals surface area contributed by atoms with Crippen molar-refractivity contribution in [3.63, 3.8) is 0 Å². The Morgan fingerprint density at radius 3 is 2.94 bits per heavy atom. The second kappa shape index (κ2) is 4.57. The minimum atomic E-state index is -0.632. The lowest BCUT2D eigenvalue weighted by Gasteiger charge is -2.11. The SMILES string of the molecule is O=C(Nc1cc(F)ccc1F)C1CCCN1. The molecule has 0 saturated carbocycles. The maximum Gasteiger partial charge on any atom is 0.241 e. The highest BCUT2D eigenvalue weighted by Gasteiger charge is 2.22. The van der Waals surface area contributed by atoms with E-state index in [2.05, 4.69) is 10.6 Å². The number of amides is 1. The third-order valence-electron chi connectivity index (χ3n) is 2.56. The lowest BCUT2D eigenvalue weighted by Crippen LogP contribution is -2.35. The predicted molar refractivity (Wildman–Crippen MR) is 56.0 cm³/mol. The molecule has 1 aromatic rings. The molecule has 2 rings (SSSR count). The molecule has 5 heteroatoms. The van der Waals surface area contributed by atoms with Crippen LogP contribution in [-0.2, 0) is 4.79 Å². The third kappa shape index (κ3) is 2.36. The van der Waals surface area contributed by atoms with Crippen molar-refractivity contribution >= 4 is 11.6 Å². The van der Waals surface area contributed by atoms with E-state index in [0.717, 1.165) is 37.6 Å². The third-order valence-corrected chi connectivity index (χ3v) is 2.56. The summed E-state index contributed by atoms with van der Waals surface area (Å²) < 4.78 is 26.1. The number of anilines is 1. The predicted octanol–water partition coefficient (Wildman–Crippen LogP) is 1.66. The molecule has 1 saturated heterocycles. The van der Waals surface area contributed by atoms with Crippen molar-refractivity contribution in [3.05, 3.63) is 29.8 Å². The monoisotopic (exact) mass is 226 g/mol. The van der Waals surface area contributed by atoms with Gasteiger partial charge in [-0.15, -0.1) is 0 Å². The van der Waals surface area contributed by atoms with Crippen molar-refractivity contribution in [3.8, 4) is 0 Å². The Hall–Kier alpha value is -1.49. The lowest BCUT2D eigenvalue weighted by molar-refractivity contribution is -0.117. The van der Waals surface area contributed by atoms with Crippen LogP contribution in [0.4, 0.5) is 14.5 Å². The first-order valence-corrected chi connectivity index (χ1v) is 5.16. The van der Waals surface area contributed by atoms with Crippen LogP contribution in [0.5, 0.6) is 0 Å². The van der Waals surface area contributed by atoms with Crippen LogP contribution in [0.25, 0.3) is 0 Å². The quantitative estimate of drug-likeness (QED) is 0.805. The Kier molecular flexibility index (Phi) is 3.14. The number of hydrogen-bond acceptors (Lipinski definition) is 2. The molecule has 16 heavy (non-hydrogen) atoms. The highest BCUT2D eigenvalue weighted by Crippen LogP contribution is 2.16. The molecule has 3 nitrogen and oxygen atoms in total. The van der Waals surface area contributed by atoms with Crippen molar-refractivity contribution in [2.75, 3.05) is 11.9 Å². The molecule has 1 aliphatic rings. The Balaban J connectivity index is 2.07. The van der Waals surface area contributed by atoms with E-state index in [1.807, 2.05) is 0 Å². The summed E-state index contributed by atoms with van der Waals surface area (Å²) in [6.07, 6.45) is 1.65. The number of rotatable bonds is 2. The van der Waals surface area contributed by atoms with Crippen LogP contribution in [0.2, 0.25) is 0 Å². The van der Waals surface area contributed by atoms with Crippen LogP contribution in [0.15, 0.2) is 18.2 Å². The fraction of sp³-hybridized carbons (Fsp3) is 0.364. The zero-order chi connectivity index (χ0) is 11.5. The molecule has 0 radical (unpaired) electrons. The number of hydrogen-bond donors (Lipinski definition) is 2. The molecule has 0 aliphatic carbocycles. The number of nitrogens with one attached hydrogen (secondary N) is 2. The van der Waals surface area contributed by atoms with Crippen LogP contribution in [-0.4, -0.2) is 18.5 Å². The molecular weight excluding hydrogens is 214 g/mol. The number of benzene rings is 1. The summed E-state index contributed by atoms with van der Waals surface area (Å²) in [6, 6.07) is 2.68. The van der Waals surface area contributed by atoms with E-state index in [4.69, 9.17) is 0 Å². The van der Waals surface area contributed by atoms with Gasteiger partial charge in [0.15, 0.2) is 0 Å². The average molecular weight is 226 g/mol. The molecule has 1 heterocycles. The molecule has 1 unspecified atom stereocenters. The van der Waals surface area contributed by atoms with Crippen LogP contribution in [0.3, 0.4) is 0 Å². The average Bonchev–Trinajstić information content (AvgIpc) is 2.76. The van der Waals surface area contributed by atoms with Gasteiger partial charge in [0, 0.05) is 6.07 Å². The Morgan fingerprint density at radius 1 is 1.44 bits per heavy atom. The van der Waals surface area contributed by atoms with E-state index in [1.165, 1.54) is 0 Å². The molecule has 86 valence electrons. The minimum Gasteiger partial charge on any atom is -0.322 e. The second-order valence-corrected chi connectivity index (χ2v) is 3.76.